The number of amides is 3. The maximum Gasteiger partial charge on any atom is 0.435 e. The molecule has 0 spiro atoms. The van der Waals surface area contributed by atoms with Crippen LogP contribution in [0.3, 0.4) is 0 Å². The van der Waals surface area contributed by atoms with Crippen LogP contribution < -0.4 is 16.4 Å². The summed E-state index contributed by atoms with van der Waals surface area (Å²) in [6.45, 7) is 4.91. The Morgan fingerprint density at radius 1 is 0.983 bits per heavy atom. The molecule has 0 bridgehead atoms. The summed E-state index contributed by atoms with van der Waals surface area (Å²) < 4.78 is 56.4. The van der Waals surface area contributed by atoms with E-state index in [2.05, 4.69) is 35.7 Å². The number of carboxylic acid groups (broad SMARTS) is 1. The van der Waals surface area contributed by atoms with Gasteiger partial charge in [-0.1, -0.05) is 11.6 Å². The lowest BCUT2D eigenvalue weighted by atomic mass is 9.90. The van der Waals surface area contributed by atoms with E-state index < -0.39 is 36.0 Å². The number of aliphatic carboxylic acids is 1. The van der Waals surface area contributed by atoms with Gasteiger partial charge >= 0.3 is 12.1 Å². The van der Waals surface area contributed by atoms with Gasteiger partial charge < -0.3 is 36.3 Å². The normalized spacial score (nSPS) is 17.5. The number of imidazole rings is 1. The summed E-state index contributed by atoms with van der Waals surface area (Å²) >= 11 is 6.53. The van der Waals surface area contributed by atoms with Gasteiger partial charge in [0.05, 0.1) is 28.9 Å². The number of nitrogens with zero attached hydrogens (tertiary/aromatic N) is 6. The van der Waals surface area contributed by atoms with Gasteiger partial charge in [0.25, 0.3) is 11.8 Å². The quantitative estimate of drug-likeness (QED) is 0.0957. The van der Waals surface area contributed by atoms with E-state index in [0.717, 1.165) is 19.2 Å². The molecule has 7 rings (SSSR count). The molecule has 16 nitrogen and oxygen atoms in total. The van der Waals surface area contributed by atoms with Crippen molar-refractivity contribution in [3.8, 4) is 11.3 Å². The Bertz CT molecular complexity index is 2190. The van der Waals surface area contributed by atoms with Gasteiger partial charge in [-0.2, -0.15) is 18.3 Å². The number of halogens is 5. The second-order valence-corrected chi connectivity index (χ2v) is 14.8. The molecule has 3 fully saturated rings. The Morgan fingerprint density at radius 3 is 2.31 bits per heavy atom. The molecule has 7 N–H and O–H groups in total. The highest BCUT2D eigenvalue weighted by atomic mass is 35.5. The molecular formula is C37H40ClF4N11O5. The average molecular weight is 830 g/mol. The Morgan fingerprint density at radius 2 is 1.69 bits per heavy atom. The SMILES string of the molecule is Nc1ccc(-c2[nH]nc(C(F)(F)F)c2Cc2cnc(C(=O)Nc3ccc(C(=O)N4CCN(C(=O)C(C5CNC5)N5CCN(CC(=O)O)CC5)CC4)c(Cl)c3)[nH]2)c(F)c1. The summed E-state index contributed by atoms with van der Waals surface area (Å²) in [5.74, 6) is -2.92. The van der Waals surface area contributed by atoms with Crippen molar-refractivity contribution in [3.63, 3.8) is 0 Å². The molecule has 2 aromatic carbocycles. The standard InChI is InChI=1S/C37H40ClF4N11O5/c38-27-15-22(47-34(56)33-45-18-23(46-33)14-26-30(48-49-32(26)37(40,41)42)25-3-1-21(43)13-28(25)39)2-4-24(27)35(57)52-9-11-53(12-10-52)36(58)31(20-16-44-17-20)51-7-5-50(6-8-51)19-29(54)55/h1-4,13,15,18,20,31,44H,5-12,14,16-17,19,43H2,(H,45,46)(H,47,56)(H,48,49)(H,54,55). The zero-order valence-corrected chi connectivity index (χ0v) is 31.7. The minimum absolute atomic E-state index is 0.00192. The maximum absolute atomic E-state index is 14.7. The Labute approximate surface area is 333 Å². The van der Waals surface area contributed by atoms with E-state index in [4.69, 9.17) is 22.4 Å². The van der Waals surface area contributed by atoms with Gasteiger partial charge in [-0.05, 0) is 36.4 Å². The van der Waals surface area contributed by atoms with Gasteiger partial charge in [-0.15, -0.1) is 0 Å². The van der Waals surface area contributed by atoms with E-state index in [1.807, 2.05) is 4.90 Å². The third-order valence-electron chi connectivity index (χ3n) is 10.6. The second-order valence-electron chi connectivity index (χ2n) is 14.4. The van der Waals surface area contributed by atoms with Crippen molar-refractivity contribution < 1.29 is 41.8 Å². The Balaban J connectivity index is 0.955. The lowest BCUT2D eigenvalue weighted by Gasteiger charge is -2.46. The zero-order chi connectivity index (χ0) is 41.3. The van der Waals surface area contributed by atoms with Gasteiger partial charge in [0.1, 0.15) is 5.82 Å². The number of nitrogens with one attached hydrogen (secondary N) is 4. The predicted molar refractivity (Wildman–Crippen MR) is 202 cm³/mol. The zero-order valence-electron chi connectivity index (χ0n) is 30.9. The fourth-order valence-electron chi connectivity index (χ4n) is 7.51. The predicted octanol–water partition coefficient (Wildman–Crippen LogP) is 2.61. The number of aromatic nitrogens is 4. The smallest absolute Gasteiger partial charge is 0.435 e. The van der Waals surface area contributed by atoms with Crippen LogP contribution in [0.1, 0.15) is 37.9 Å². The van der Waals surface area contributed by atoms with E-state index in [1.165, 1.54) is 36.5 Å². The van der Waals surface area contributed by atoms with Gasteiger partial charge in [0.2, 0.25) is 5.91 Å². The van der Waals surface area contributed by atoms with E-state index in [0.29, 0.717) is 39.3 Å². The Hall–Kier alpha value is -5.57. The minimum Gasteiger partial charge on any atom is -0.480 e. The monoisotopic (exact) mass is 829 g/mol. The third kappa shape index (κ3) is 8.79. The summed E-state index contributed by atoms with van der Waals surface area (Å²) in [5.41, 5.74) is 4.21. The van der Waals surface area contributed by atoms with Crippen molar-refractivity contribution in [1.29, 1.82) is 0 Å². The minimum atomic E-state index is -4.87. The molecule has 0 aliphatic carbocycles. The van der Waals surface area contributed by atoms with Crippen molar-refractivity contribution in [2.75, 3.05) is 83.0 Å². The topological polar surface area (TPSA) is 209 Å². The first-order valence-electron chi connectivity index (χ1n) is 18.5. The molecule has 1 unspecified atom stereocenters. The average Bonchev–Trinajstić information content (AvgIpc) is 3.81. The fourth-order valence-corrected chi connectivity index (χ4v) is 7.77. The number of H-pyrrole nitrogens is 2. The van der Waals surface area contributed by atoms with Crippen LogP contribution in [0.2, 0.25) is 5.02 Å². The second kappa shape index (κ2) is 16.7. The highest BCUT2D eigenvalue weighted by molar-refractivity contribution is 6.34. The number of hydrogen-bond acceptors (Lipinski definition) is 10. The molecule has 3 aliphatic heterocycles. The lowest BCUT2D eigenvalue weighted by molar-refractivity contribution is -0.144. The molecule has 5 heterocycles. The van der Waals surface area contributed by atoms with Crippen LogP contribution in [0, 0.1) is 11.7 Å². The summed E-state index contributed by atoms with van der Waals surface area (Å²) in [6.07, 6.45) is -4.11. The summed E-state index contributed by atoms with van der Waals surface area (Å²) in [5, 5.41) is 20.7. The van der Waals surface area contributed by atoms with Crippen LogP contribution >= 0.6 is 11.6 Å². The number of alkyl halides is 3. The molecule has 2 aromatic heterocycles. The van der Waals surface area contributed by atoms with Crippen LogP contribution in [0.5, 0.6) is 0 Å². The first kappa shape index (κ1) is 40.6. The van der Waals surface area contributed by atoms with Crippen LogP contribution in [-0.4, -0.2) is 147 Å². The van der Waals surface area contributed by atoms with Gasteiger partial charge in [0.15, 0.2) is 11.5 Å². The van der Waals surface area contributed by atoms with Crippen LogP contribution in [0.25, 0.3) is 11.3 Å². The molecule has 308 valence electrons. The van der Waals surface area contributed by atoms with Gasteiger partial charge in [-0.3, -0.25) is 34.1 Å². The molecular weight excluding hydrogens is 790 g/mol. The summed E-state index contributed by atoms with van der Waals surface area (Å²) in [7, 11) is 0. The lowest BCUT2D eigenvalue weighted by Crippen LogP contribution is -2.65. The molecule has 3 saturated heterocycles. The van der Waals surface area contributed by atoms with Crippen molar-refractivity contribution in [3.05, 3.63) is 81.8 Å². The molecule has 0 radical (unpaired) electrons. The number of carbonyl (C=O) groups excluding carboxylic acids is 3. The number of aromatic amines is 2. The molecule has 3 amide bonds. The first-order valence-corrected chi connectivity index (χ1v) is 18.9. The Kier molecular flexibility index (Phi) is 11.7. The maximum atomic E-state index is 14.7. The van der Waals surface area contributed by atoms with Crippen LogP contribution in [-0.2, 0) is 22.2 Å². The summed E-state index contributed by atoms with van der Waals surface area (Å²) in [4.78, 5) is 65.8. The van der Waals surface area contributed by atoms with Crippen molar-refractivity contribution in [2.45, 2.75) is 18.6 Å². The number of nitrogen functional groups attached to an aromatic ring is 1. The molecule has 1 atom stereocenters. The number of rotatable bonds is 11. The van der Waals surface area contributed by atoms with Crippen molar-refractivity contribution in [2.24, 2.45) is 5.92 Å². The summed E-state index contributed by atoms with van der Waals surface area (Å²) in [6, 6.07) is 7.55. The van der Waals surface area contributed by atoms with E-state index >= 15 is 0 Å². The number of piperazine rings is 2. The van der Waals surface area contributed by atoms with Gasteiger partial charge in [-0.25, -0.2) is 9.37 Å². The fraction of sp³-hybridized carbons (Fsp3) is 0.405. The number of benzene rings is 2. The third-order valence-corrected chi connectivity index (χ3v) is 10.9. The molecule has 4 aromatic rings. The number of anilines is 2. The van der Waals surface area contributed by atoms with Crippen LogP contribution in [0.4, 0.5) is 28.9 Å². The molecule has 0 saturated carbocycles. The van der Waals surface area contributed by atoms with Crippen molar-refractivity contribution in [1.82, 2.24) is 45.1 Å². The number of hydrogen-bond donors (Lipinski definition) is 6. The van der Waals surface area contributed by atoms with Crippen LogP contribution in [0.15, 0.2) is 42.6 Å². The molecule has 3 aliphatic rings. The first-order chi connectivity index (χ1) is 27.7. The number of nitrogens with two attached hydrogens (primary N) is 1. The number of carboxylic acids is 1. The highest BCUT2D eigenvalue weighted by Crippen LogP contribution is 2.37. The molecule has 58 heavy (non-hydrogen) atoms. The highest BCUT2D eigenvalue weighted by Gasteiger charge is 2.42. The van der Waals surface area contributed by atoms with E-state index in [-0.39, 0.29) is 93.7 Å². The molecule has 21 heteroatoms. The van der Waals surface area contributed by atoms with Crippen molar-refractivity contribution >= 4 is 46.7 Å². The van der Waals surface area contributed by atoms with E-state index in [9.17, 15) is 36.7 Å². The van der Waals surface area contributed by atoms with Gasteiger partial charge in [0, 0.05) is 112 Å². The largest absolute Gasteiger partial charge is 0.480 e. The van der Waals surface area contributed by atoms with E-state index in [1.54, 1.807) is 9.80 Å². The number of carbonyl (C=O) groups is 4.